The molecule has 0 radical (unpaired) electrons. The summed E-state index contributed by atoms with van der Waals surface area (Å²) in [6, 6.07) is 5.82. The lowest BCUT2D eigenvalue weighted by Crippen LogP contribution is -2.50. The SMILES string of the molecule is Cc1c(Br)cccc1C(=O)N1CCN(CCN(C)C)CC1. The van der Waals surface area contributed by atoms with E-state index in [1.165, 1.54) is 0 Å². The van der Waals surface area contributed by atoms with E-state index in [1.54, 1.807) is 0 Å². The van der Waals surface area contributed by atoms with E-state index in [0.29, 0.717) is 0 Å². The predicted molar refractivity (Wildman–Crippen MR) is 89.8 cm³/mol. The Kier molecular flexibility index (Phi) is 5.79. The molecule has 1 aromatic rings. The van der Waals surface area contributed by atoms with Crippen molar-refractivity contribution >= 4 is 21.8 Å². The number of likely N-dealkylation sites (N-methyl/N-ethyl adjacent to an activating group) is 1. The Morgan fingerprint density at radius 2 is 1.90 bits per heavy atom. The minimum absolute atomic E-state index is 0.154. The maximum atomic E-state index is 12.6. The van der Waals surface area contributed by atoms with Crippen molar-refractivity contribution in [2.45, 2.75) is 6.92 Å². The Morgan fingerprint density at radius 1 is 1.24 bits per heavy atom. The molecule has 21 heavy (non-hydrogen) atoms. The van der Waals surface area contributed by atoms with Crippen molar-refractivity contribution in [3.8, 4) is 0 Å². The van der Waals surface area contributed by atoms with Crippen molar-refractivity contribution in [2.75, 3.05) is 53.4 Å². The molecule has 0 atom stereocenters. The van der Waals surface area contributed by atoms with Gasteiger partial charge >= 0.3 is 0 Å². The Labute approximate surface area is 135 Å². The summed E-state index contributed by atoms with van der Waals surface area (Å²) in [4.78, 5) is 19.2. The molecule has 116 valence electrons. The molecule has 0 unspecified atom stereocenters. The van der Waals surface area contributed by atoms with Gasteiger partial charge in [-0.2, -0.15) is 0 Å². The summed E-state index contributed by atoms with van der Waals surface area (Å²) in [5, 5.41) is 0. The molecule has 5 heteroatoms. The largest absolute Gasteiger partial charge is 0.336 e. The van der Waals surface area contributed by atoms with Crippen LogP contribution in [-0.2, 0) is 0 Å². The summed E-state index contributed by atoms with van der Waals surface area (Å²) in [7, 11) is 4.19. The van der Waals surface area contributed by atoms with Crippen LogP contribution in [0.5, 0.6) is 0 Å². The molecule has 1 saturated heterocycles. The lowest BCUT2D eigenvalue weighted by molar-refractivity contribution is 0.0629. The van der Waals surface area contributed by atoms with Gasteiger partial charge in [-0.3, -0.25) is 9.69 Å². The third kappa shape index (κ3) is 4.28. The van der Waals surface area contributed by atoms with Gasteiger partial charge in [0.25, 0.3) is 5.91 Å². The molecule has 0 aromatic heterocycles. The number of halogens is 1. The molecule has 1 fully saturated rings. The highest BCUT2D eigenvalue weighted by Gasteiger charge is 2.23. The smallest absolute Gasteiger partial charge is 0.254 e. The third-order valence-corrected chi connectivity index (χ3v) is 4.88. The van der Waals surface area contributed by atoms with Crippen LogP contribution in [0.15, 0.2) is 22.7 Å². The van der Waals surface area contributed by atoms with Crippen molar-refractivity contribution in [3.63, 3.8) is 0 Å². The maximum Gasteiger partial charge on any atom is 0.254 e. The fraction of sp³-hybridized carbons (Fsp3) is 0.562. The molecule has 0 spiro atoms. The quantitative estimate of drug-likeness (QED) is 0.828. The first-order valence-corrected chi connectivity index (χ1v) is 8.20. The van der Waals surface area contributed by atoms with Crippen LogP contribution in [0.1, 0.15) is 15.9 Å². The van der Waals surface area contributed by atoms with Gasteiger partial charge < -0.3 is 9.80 Å². The molecule has 1 heterocycles. The van der Waals surface area contributed by atoms with Crippen LogP contribution in [0, 0.1) is 6.92 Å². The molecule has 0 N–H and O–H groups in total. The summed E-state index contributed by atoms with van der Waals surface area (Å²) < 4.78 is 0.998. The normalized spacial score (nSPS) is 16.5. The van der Waals surface area contributed by atoms with E-state index in [2.05, 4.69) is 39.8 Å². The Bertz CT molecular complexity index is 496. The molecule has 0 aliphatic carbocycles. The highest BCUT2D eigenvalue weighted by atomic mass is 79.9. The Morgan fingerprint density at radius 3 is 2.52 bits per heavy atom. The van der Waals surface area contributed by atoms with Crippen LogP contribution in [0.25, 0.3) is 0 Å². The van der Waals surface area contributed by atoms with Crippen molar-refractivity contribution in [2.24, 2.45) is 0 Å². The standard InChI is InChI=1S/C16H24BrN3O/c1-13-14(5-4-6-15(13)17)16(21)20-11-9-19(10-12-20)8-7-18(2)3/h4-6H,7-12H2,1-3H3. The van der Waals surface area contributed by atoms with E-state index in [4.69, 9.17) is 0 Å². The Balaban J connectivity index is 1.93. The van der Waals surface area contributed by atoms with E-state index in [1.807, 2.05) is 30.0 Å². The first kappa shape index (κ1) is 16.5. The van der Waals surface area contributed by atoms with Gasteiger partial charge in [0.05, 0.1) is 0 Å². The van der Waals surface area contributed by atoms with Gasteiger partial charge in [0, 0.05) is 49.3 Å². The molecule has 1 aromatic carbocycles. The van der Waals surface area contributed by atoms with E-state index < -0.39 is 0 Å². The predicted octanol–water partition coefficient (Wildman–Crippen LogP) is 2.08. The molecule has 0 saturated carbocycles. The third-order valence-electron chi connectivity index (χ3n) is 4.02. The zero-order valence-electron chi connectivity index (χ0n) is 13.1. The molecular formula is C16H24BrN3O. The van der Waals surface area contributed by atoms with Crippen molar-refractivity contribution in [1.82, 2.24) is 14.7 Å². The lowest BCUT2D eigenvalue weighted by atomic mass is 10.1. The van der Waals surface area contributed by atoms with Gasteiger partial charge in [-0.05, 0) is 38.7 Å². The van der Waals surface area contributed by atoms with Gasteiger partial charge in [-0.25, -0.2) is 0 Å². The highest BCUT2D eigenvalue weighted by Crippen LogP contribution is 2.21. The topological polar surface area (TPSA) is 26.8 Å². The second kappa shape index (κ2) is 7.38. The summed E-state index contributed by atoms with van der Waals surface area (Å²) >= 11 is 3.50. The number of benzene rings is 1. The second-order valence-electron chi connectivity index (χ2n) is 5.85. The van der Waals surface area contributed by atoms with Crippen LogP contribution in [0.2, 0.25) is 0 Å². The summed E-state index contributed by atoms with van der Waals surface area (Å²) in [5.41, 5.74) is 1.84. The summed E-state index contributed by atoms with van der Waals surface area (Å²) in [6.45, 7) is 7.70. The van der Waals surface area contributed by atoms with Crippen molar-refractivity contribution < 1.29 is 4.79 Å². The van der Waals surface area contributed by atoms with Crippen molar-refractivity contribution in [3.05, 3.63) is 33.8 Å². The highest BCUT2D eigenvalue weighted by molar-refractivity contribution is 9.10. The number of hydrogen-bond donors (Lipinski definition) is 0. The number of amides is 1. The van der Waals surface area contributed by atoms with Gasteiger partial charge in [0.1, 0.15) is 0 Å². The number of carbonyl (C=O) groups excluding carboxylic acids is 1. The average molecular weight is 354 g/mol. The van der Waals surface area contributed by atoms with E-state index in [0.717, 1.165) is 54.9 Å². The van der Waals surface area contributed by atoms with Crippen LogP contribution < -0.4 is 0 Å². The molecule has 2 rings (SSSR count). The zero-order valence-corrected chi connectivity index (χ0v) is 14.7. The fourth-order valence-corrected chi connectivity index (χ4v) is 2.89. The molecule has 1 aliphatic rings. The van der Waals surface area contributed by atoms with Gasteiger partial charge in [-0.1, -0.05) is 22.0 Å². The fourth-order valence-electron chi connectivity index (χ4n) is 2.53. The van der Waals surface area contributed by atoms with Crippen LogP contribution in [0.4, 0.5) is 0 Å². The van der Waals surface area contributed by atoms with Crippen molar-refractivity contribution in [1.29, 1.82) is 0 Å². The van der Waals surface area contributed by atoms with E-state index >= 15 is 0 Å². The minimum Gasteiger partial charge on any atom is -0.336 e. The maximum absolute atomic E-state index is 12.6. The molecule has 1 aliphatic heterocycles. The number of carbonyl (C=O) groups is 1. The first-order chi connectivity index (χ1) is 9.99. The number of piperazine rings is 1. The average Bonchev–Trinajstić information content (AvgIpc) is 2.48. The molecule has 1 amide bonds. The number of rotatable bonds is 4. The zero-order chi connectivity index (χ0) is 15.4. The Hall–Kier alpha value is -0.910. The van der Waals surface area contributed by atoms with Gasteiger partial charge in [0.2, 0.25) is 0 Å². The molecule has 0 bridgehead atoms. The van der Waals surface area contributed by atoms with E-state index in [9.17, 15) is 4.79 Å². The van der Waals surface area contributed by atoms with Crippen LogP contribution >= 0.6 is 15.9 Å². The number of hydrogen-bond acceptors (Lipinski definition) is 3. The monoisotopic (exact) mass is 353 g/mol. The van der Waals surface area contributed by atoms with Crippen LogP contribution in [-0.4, -0.2) is 74.0 Å². The molecule has 4 nitrogen and oxygen atoms in total. The lowest BCUT2D eigenvalue weighted by Gasteiger charge is -2.35. The van der Waals surface area contributed by atoms with Crippen LogP contribution in [0.3, 0.4) is 0 Å². The molecular weight excluding hydrogens is 330 g/mol. The summed E-state index contributed by atoms with van der Waals surface area (Å²) in [6.07, 6.45) is 0. The first-order valence-electron chi connectivity index (χ1n) is 7.40. The van der Waals surface area contributed by atoms with Gasteiger partial charge in [0.15, 0.2) is 0 Å². The minimum atomic E-state index is 0.154. The number of nitrogens with zero attached hydrogens (tertiary/aromatic N) is 3. The summed E-state index contributed by atoms with van der Waals surface area (Å²) in [5.74, 6) is 0.154. The second-order valence-corrected chi connectivity index (χ2v) is 6.70. The van der Waals surface area contributed by atoms with Gasteiger partial charge in [-0.15, -0.1) is 0 Å². The van der Waals surface area contributed by atoms with E-state index in [-0.39, 0.29) is 5.91 Å².